The third-order valence-electron chi connectivity index (χ3n) is 8.30. The van der Waals surface area contributed by atoms with Gasteiger partial charge < -0.3 is 9.64 Å². The van der Waals surface area contributed by atoms with Crippen molar-refractivity contribution in [2.75, 3.05) is 11.3 Å². The van der Waals surface area contributed by atoms with Crippen molar-refractivity contribution in [2.24, 2.45) is 5.41 Å². The molecule has 246 valence electrons. The maximum Gasteiger partial charge on any atom is 0.264 e. The SMILES string of the molecule is CC(C)=C(C)c1cccc(CN2C(=O)c3cccc(c3)S(=O)(=O)Nc3nc(cc(-c4c(C)cccc4C)n3)OC[C@H]2CC(C)(C)C)n1. The number of nitrogens with one attached hydrogen (secondary N) is 1. The van der Waals surface area contributed by atoms with Gasteiger partial charge in [-0.1, -0.05) is 56.7 Å². The molecule has 0 fully saturated rings. The fraction of sp³-hybridized carbons (Fsp3) is 0.351. The van der Waals surface area contributed by atoms with Crippen LogP contribution in [-0.2, 0) is 16.6 Å². The van der Waals surface area contributed by atoms with Crippen LogP contribution in [0.3, 0.4) is 0 Å². The summed E-state index contributed by atoms with van der Waals surface area (Å²) in [6.45, 7) is 16.8. The highest BCUT2D eigenvalue weighted by atomic mass is 32.2. The van der Waals surface area contributed by atoms with Crippen LogP contribution in [0.4, 0.5) is 5.95 Å². The van der Waals surface area contributed by atoms with Gasteiger partial charge in [0.25, 0.3) is 15.9 Å². The van der Waals surface area contributed by atoms with Gasteiger partial charge in [-0.3, -0.25) is 9.78 Å². The van der Waals surface area contributed by atoms with Gasteiger partial charge in [0.2, 0.25) is 11.8 Å². The average molecular weight is 654 g/mol. The number of rotatable bonds is 5. The van der Waals surface area contributed by atoms with E-state index in [1.54, 1.807) is 23.1 Å². The van der Waals surface area contributed by atoms with Gasteiger partial charge in [-0.2, -0.15) is 4.98 Å². The first-order valence-corrected chi connectivity index (χ1v) is 17.2. The molecule has 2 aromatic carbocycles. The number of benzene rings is 2. The number of carbonyl (C=O) groups is 1. The highest BCUT2D eigenvalue weighted by Crippen LogP contribution is 2.32. The second-order valence-corrected chi connectivity index (χ2v) is 15.3. The number of fused-ring (bicyclic) bond motifs is 4. The fourth-order valence-electron chi connectivity index (χ4n) is 5.75. The Balaban J connectivity index is 1.68. The summed E-state index contributed by atoms with van der Waals surface area (Å²) in [7, 11) is -4.16. The van der Waals surface area contributed by atoms with E-state index in [0.717, 1.165) is 33.5 Å². The molecule has 0 saturated heterocycles. The van der Waals surface area contributed by atoms with Gasteiger partial charge in [-0.25, -0.2) is 18.1 Å². The fourth-order valence-corrected chi connectivity index (χ4v) is 6.74. The van der Waals surface area contributed by atoms with Gasteiger partial charge in [0.1, 0.15) is 6.61 Å². The molecule has 47 heavy (non-hydrogen) atoms. The summed E-state index contributed by atoms with van der Waals surface area (Å²) in [5, 5.41) is 0. The van der Waals surface area contributed by atoms with E-state index in [1.807, 2.05) is 71.0 Å². The third kappa shape index (κ3) is 7.88. The second-order valence-electron chi connectivity index (χ2n) is 13.6. The minimum Gasteiger partial charge on any atom is -0.475 e. The summed E-state index contributed by atoms with van der Waals surface area (Å²) in [5.41, 5.74) is 7.21. The van der Waals surface area contributed by atoms with Crippen molar-refractivity contribution in [1.82, 2.24) is 19.9 Å². The monoisotopic (exact) mass is 653 g/mol. The van der Waals surface area contributed by atoms with Crippen LogP contribution >= 0.6 is 0 Å². The first-order valence-electron chi connectivity index (χ1n) is 15.7. The zero-order valence-corrected chi connectivity index (χ0v) is 29.2. The van der Waals surface area contributed by atoms with E-state index >= 15 is 0 Å². The van der Waals surface area contributed by atoms with E-state index in [2.05, 4.69) is 35.5 Å². The Morgan fingerprint density at radius 1 is 0.936 bits per heavy atom. The number of sulfonamides is 1. The lowest BCUT2D eigenvalue weighted by atomic mass is 9.87. The van der Waals surface area contributed by atoms with Crippen molar-refractivity contribution in [3.05, 3.63) is 100 Å². The molecule has 10 heteroatoms. The molecule has 0 unspecified atom stereocenters. The Kier molecular flexibility index (Phi) is 9.54. The van der Waals surface area contributed by atoms with E-state index in [0.29, 0.717) is 17.8 Å². The highest BCUT2D eigenvalue weighted by Gasteiger charge is 2.32. The number of allylic oxidation sites excluding steroid dienone is 2. The minimum absolute atomic E-state index is 0.0715. The van der Waals surface area contributed by atoms with Gasteiger partial charge in [0.15, 0.2) is 0 Å². The number of nitrogens with zero attached hydrogens (tertiary/aromatic N) is 4. The maximum atomic E-state index is 14.4. The van der Waals surface area contributed by atoms with Gasteiger partial charge in [-0.15, -0.1) is 0 Å². The van der Waals surface area contributed by atoms with E-state index in [-0.39, 0.29) is 46.8 Å². The number of aromatic nitrogens is 3. The molecule has 1 aliphatic rings. The van der Waals surface area contributed by atoms with Crippen LogP contribution in [0.1, 0.15) is 80.8 Å². The van der Waals surface area contributed by atoms with Crippen LogP contribution in [-0.4, -0.2) is 46.8 Å². The molecule has 5 rings (SSSR count). The van der Waals surface area contributed by atoms with Crippen molar-refractivity contribution in [3.63, 3.8) is 0 Å². The average Bonchev–Trinajstić information content (AvgIpc) is 3.00. The molecule has 0 spiro atoms. The topological polar surface area (TPSA) is 114 Å². The summed E-state index contributed by atoms with van der Waals surface area (Å²) < 4.78 is 36.3. The number of ether oxygens (including phenoxy) is 1. The second kappa shape index (κ2) is 13.3. The summed E-state index contributed by atoms with van der Waals surface area (Å²) in [5.74, 6) is -0.234. The molecule has 0 aliphatic carbocycles. The van der Waals surface area contributed by atoms with Crippen molar-refractivity contribution in [2.45, 2.75) is 79.3 Å². The predicted molar refractivity (Wildman–Crippen MR) is 186 cm³/mol. The largest absolute Gasteiger partial charge is 0.475 e. The minimum atomic E-state index is -4.16. The van der Waals surface area contributed by atoms with Gasteiger partial charge >= 0.3 is 0 Å². The normalized spacial score (nSPS) is 16.2. The number of anilines is 1. The number of hydrogen-bond donors (Lipinski definition) is 1. The number of aryl methyl sites for hydroxylation is 2. The smallest absolute Gasteiger partial charge is 0.264 e. The Labute approximate surface area is 278 Å². The first kappa shape index (κ1) is 33.8. The molecule has 2 aromatic heterocycles. The molecule has 1 aliphatic heterocycles. The number of hydrogen-bond acceptors (Lipinski definition) is 7. The maximum absolute atomic E-state index is 14.4. The molecule has 1 atom stereocenters. The van der Waals surface area contributed by atoms with E-state index < -0.39 is 16.1 Å². The standard InChI is InChI=1S/C37H43N5O4S/c1-23(2)26(5)31-17-11-15-28(38-31)21-42-29(20-37(6,7)8)22-46-33-19-32(34-24(3)12-9-13-25(34)4)39-36(40-33)41-47(44,45)30-16-10-14-27(18-30)35(42)43/h9-19,29H,20-22H2,1-8H3,(H,39,40,41)/t29-/m1/s1. The Morgan fingerprint density at radius 3 is 2.30 bits per heavy atom. The van der Waals surface area contributed by atoms with Crippen molar-refractivity contribution >= 4 is 27.5 Å². The molecule has 0 radical (unpaired) electrons. The highest BCUT2D eigenvalue weighted by molar-refractivity contribution is 7.92. The molecular weight excluding hydrogens is 611 g/mol. The van der Waals surface area contributed by atoms with Crippen molar-refractivity contribution in [1.29, 1.82) is 0 Å². The molecule has 4 bridgehead atoms. The zero-order chi connectivity index (χ0) is 34.1. The summed E-state index contributed by atoms with van der Waals surface area (Å²) >= 11 is 0. The molecule has 3 heterocycles. The summed E-state index contributed by atoms with van der Waals surface area (Å²) in [6.07, 6.45) is 0.601. The lowest BCUT2D eigenvalue weighted by Gasteiger charge is -2.35. The van der Waals surface area contributed by atoms with E-state index in [9.17, 15) is 13.2 Å². The number of pyridine rings is 1. The summed E-state index contributed by atoms with van der Waals surface area (Å²) in [6, 6.07) is 19.1. The van der Waals surface area contributed by atoms with Gasteiger partial charge in [0, 0.05) is 17.2 Å². The van der Waals surface area contributed by atoms with E-state index in [1.165, 1.54) is 12.1 Å². The van der Waals surface area contributed by atoms with Crippen LogP contribution in [0.5, 0.6) is 5.88 Å². The molecule has 0 saturated carbocycles. The molecule has 1 amide bonds. The molecule has 4 aromatic rings. The Morgan fingerprint density at radius 2 is 1.62 bits per heavy atom. The predicted octanol–water partition coefficient (Wildman–Crippen LogP) is 7.61. The molecule has 1 N–H and O–H groups in total. The quantitative estimate of drug-likeness (QED) is 0.236. The lowest BCUT2D eigenvalue weighted by molar-refractivity contribution is 0.0509. The molecule has 9 nitrogen and oxygen atoms in total. The molecular formula is C37H43N5O4S. The van der Waals surface area contributed by atoms with Crippen LogP contribution in [0, 0.1) is 19.3 Å². The van der Waals surface area contributed by atoms with Gasteiger partial charge in [0.05, 0.1) is 34.6 Å². The van der Waals surface area contributed by atoms with Gasteiger partial charge in [-0.05, 0) is 93.5 Å². The first-order chi connectivity index (χ1) is 22.1. The number of carbonyl (C=O) groups excluding carboxylic acids is 1. The van der Waals surface area contributed by atoms with Crippen LogP contribution < -0.4 is 9.46 Å². The van der Waals surface area contributed by atoms with Crippen molar-refractivity contribution < 1.29 is 17.9 Å². The van der Waals surface area contributed by atoms with Crippen LogP contribution in [0.2, 0.25) is 0 Å². The summed E-state index contributed by atoms with van der Waals surface area (Å²) in [4.78, 5) is 30.1. The van der Waals surface area contributed by atoms with Crippen molar-refractivity contribution in [3.8, 4) is 17.1 Å². The zero-order valence-electron chi connectivity index (χ0n) is 28.4. The Bertz CT molecular complexity index is 1940. The third-order valence-corrected chi connectivity index (χ3v) is 9.63. The Hall–Kier alpha value is -4.57. The van der Waals surface area contributed by atoms with Crippen LogP contribution in [0.15, 0.2) is 77.2 Å². The number of amides is 1. The van der Waals surface area contributed by atoms with E-state index in [4.69, 9.17) is 9.72 Å². The van der Waals surface area contributed by atoms with Crippen LogP contribution in [0.25, 0.3) is 16.8 Å². The lowest BCUT2D eigenvalue weighted by Crippen LogP contribution is -2.45.